The van der Waals surface area contributed by atoms with E-state index >= 15 is 0 Å². The maximum Gasteiger partial charge on any atom is 0.273 e. The zero-order valence-corrected chi connectivity index (χ0v) is 16.2. The Morgan fingerprint density at radius 1 is 0.679 bits per heavy atom. The molecule has 9 heteroatoms. The van der Waals surface area contributed by atoms with Gasteiger partial charge in [0.05, 0.1) is 41.1 Å². The van der Waals surface area contributed by atoms with Crippen LogP contribution in [0.3, 0.4) is 0 Å². The maximum atomic E-state index is 12.5. The lowest BCUT2D eigenvalue weighted by atomic mass is 10.1. The van der Waals surface area contributed by atoms with Gasteiger partial charge in [0, 0.05) is 11.6 Å². The van der Waals surface area contributed by atoms with Crippen molar-refractivity contribution in [3.8, 4) is 28.7 Å². The van der Waals surface area contributed by atoms with E-state index in [9.17, 15) is 9.59 Å². The molecule has 0 unspecified atom stereocenters. The highest BCUT2D eigenvalue weighted by Crippen LogP contribution is 2.39. The quantitative estimate of drug-likeness (QED) is 0.695. The van der Waals surface area contributed by atoms with E-state index in [4.69, 9.17) is 23.7 Å². The van der Waals surface area contributed by atoms with E-state index < -0.39 is 11.8 Å². The monoisotopic (exact) mass is 390 g/mol. The number of ether oxygens (including phenoxy) is 5. The highest BCUT2D eigenvalue weighted by Gasteiger charge is 2.21. The van der Waals surface area contributed by atoms with Crippen molar-refractivity contribution in [3.05, 3.63) is 41.5 Å². The summed E-state index contributed by atoms with van der Waals surface area (Å²) >= 11 is 0. The summed E-state index contributed by atoms with van der Waals surface area (Å²) in [6.45, 7) is 0. The van der Waals surface area contributed by atoms with Gasteiger partial charge in [-0.1, -0.05) is 0 Å². The van der Waals surface area contributed by atoms with Gasteiger partial charge >= 0.3 is 0 Å². The molecule has 0 aliphatic rings. The molecular weight excluding hydrogens is 368 g/mol. The summed E-state index contributed by atoms with van der Waals surface area (Å²) in [5.74, 6) is 0.586. The largest absolute Gasteiger partial charge is 0.497 e. The van der Waals surface area contributed by atoms with Crippen LogP contribution < -0.4 is 34.5 Å². The maximum absolute atomic E-state index is 12.5. The number of hydrazine groups is 1. The summed E-state index contributed by atoms with van der Waals surface area (Å²) in [4.78, 5) is 24.9. The lowest BCUT2D eigenvalue weighted by molar-refractivity contribution is 0.0844. The Morgan fingerprint density at radius 3 is 1.75 bits per heavy atom. The van der Waals surface area contributed by atoms with Gasteiger partial charge in [-0.3, -0.25) is 20.4 Å². The van der Waals surface area contributed by atoms with Crippen LogP contribution in [0, 0.1) is 0 Å². The van der Waals surface area contributed by atoms with Crippen LogP contribution in [0.4, 0.5) is 0 Å². The number of amides is 2. The highest BCUT2D eigenvalue weighted by molar-refractivity contribution is 6.01. The van der Waals surface area contributed by atoms with E-state index in [2.05, 4.69) is 10.9 Å². The predicted molar refractivity (Wildman–Crippen MR) is 101 cm³/mol. The summed E-state index contributed by atoms with van der Waals surface area (Å²) < 4.78 is 26.0. The Morgan fingerprint density at radius 2 is 1.25 bits per heavy atom. The molecule has 2 aromatic carbocycles. The molecule has 28 heavy (non-hydrogen) atoms. The summed E-state index contributed by atoms with van der Waals surface area (Å²) in [7, 11) is 7.25. The first kappa shape index (κ1) is 20.7. The molecule has 150 valence electrons. The molecule has 0 fully saturated rings. The second kappa shape index (κ2) is 9.36. The summed E-state index contributed by atoms with van der Waals surface area (Å²) in [6.07, 6.45) is 0. The SMILES string of the molecule is COc1cc(OC)cc(C(=O)NNC(=O)c2ccc(OC)c(OC)c2OC)c1. The minimum atomic E-state index is -0.596. The van der Waals surface area contributed by atoms with Crippen molar-refractivity contribution < 1.29 is 33.3 Å². The van der Waals surface area contributed by atoms with Crippen molar-refractivity contribution in [1.82, 2.24) is 10.9 Å². The summed E-state index contributed by atoms with van der Waals surface area (Å²) in [5, 5.41) is 0. The first-order valence-corrected chi connectivity index (χ1v) is 8.11. The average molecular weight is 390 g/mol. The molecule has 0 aliphatic heterocycles. The third-order valence-electron chi connectivity index (χ3n) is 3.85. The molecule has 0 aliphatic carbocycles. The van der Waals surface area contributed by atoms with Crippen molar-refractivity contribution in [1.29, 1.82) is 0 Å². The second-order valence-corrected chi connectivity index (χ2v) is 5.39. The number of benzene rings is 2. The summed E-state index contributed by atoms with van der Waals surface area (Å²) in [5.41, 5.74) is 5.08. The first-order chi connectivity index (χ1) is 13.5. The highest BCUT2D eigenvalue weighted by atomic mass is 16.5. The van der Waals surface area contributed by atoms with E-state index in [1.807, 2.05) is 0 Å². The summed E-state index contributed by atoms with van der Waals surface area (Å²) in [6, 6.07) is 7.72. The molecule has 0 radical (unpaired) electrons. The topological polar surface area (TPSA) is 104 Å². The van der Waals surface area contributed by atoms with Crippen LogP contribution in [-0.4, -0.2) is 47.4 Å². The van der Waals surface area contributed by atoms with Crippen LogP contribution in [0.5, 0.6) is 28.7 Å². The van der Waals surface area contributed by atoms with Crippen molar-refractivity contribution >= 4 is 11.8 Å². The van der Waals surface area contributed by atoms with Crippen molar-refractivity contribution in [2.45, 2.75) is 0 Å². The third-order valence-corrected chi connectivity index (χ3v) is 3.85. The van der Waals surface area contributed by atoms with Crippen LogP contribution in [0.1, 0.15) is 20.7 Å². The number of carbonyl (C=O) groups is 2. The zero-order valence-electron chi connectivity index (χ0n) is 16.2. The number of carbonyl (C=O) groups excluding carboxylic acids is 2. The van der Waals surface area contributed by atoms with Gasteiger partial charge in [0.15, 0.2) is 11.5 Å². The smallest absolute Gasteiger partial charge is 0.273 e. The van der Waals surface area contributed by atoms with Gasteiger partial charge in [0.25, 0.3) is 11.8 Å². The van der Waals surface area contributed by atoms with Crippen molar-refractivity contribution in [3.63, 3.8) is 0 Å². The van der Waals surface area contributed by atoms with Gasteiger partial charge in [-0.15, -0.1) is 0 Å². The van der Waals surface area contributed by atoms with E-state index in [0.29, 0.717) is 17.2 Å². The van der Waals surface area contributed by atoms with Gasteiger partial charge in [0.1, 0.15) is 11.5 Å². The van der Waals surface area contributed by atoms with E-state index in [-0.39, 0.29) is 22.6 Å². The van der Waals surface area contributed by atoms with Crippen LogP contribution in [0.15, 0.2) is 30.3 Å². The molecule has 2 rings (SSSR count). The van der Waals surface area contributed by atoms with Gasteiger partial charge in [-0.2, -0.15) is 0 Å². The Labute approximate surface area is 162 Å². The average Bonchev–Trinajstić information content (AvgIpc) is 2.75. The molecule has 2 aromatic rings. The molecule has 0 saturated heterocycles. The van der Waals surface area contributed by atoms with E-state index in [1.54, 1.807) is 12.1 Å². The van der Waals surface area contributed by atoms with Crippen LogP contribution >= 0.6 is 0 Å². The van der Waals surface area contributed by atoms with Crippen molar-refractivity contribution in [2.75, 3.05) is 35.5 Å². The van der Waals surface area contributed by atoms with Crippen LogP contribution in [0.25, 0.3) is 0 Å². The normalized spacial score (nSPS) is 9.89. The first-order valence-electron chi connectivity index (χ1n) is 8.11. The zero-order chi connectivity index (χ0) is 20.7. The minimum absolute atomic E-state index is 0.156. The van der Waals surface area contributed by atoms with Gasteiger partial charge < -0.3 is 23.7 Å². The Bertz CT molecular complexity index is 845. The Balaban J connectivity index is 2.19. The number of nitrogens with one attached hydrogen (secondary N) is 2. The predicted octanol–water partition coefficient (Wildman–Crippen LogP) is 1.80. The molecule has 9 nitrogen and oxygen atoms in total. The number of hydrogen-bond donors (Lipinski definition) is 2. The fraction of sp³-hybridized carbons (Fsp3) is 0.263. The fourth-order valence-electron chi connectivity index (χ4n) is 2.47. The standard InChI is InChI=1S/C19H22N2O7/c1-24-12-8-11(9-13(10-12)25-2)18(22)20-21-19(23)14-6-7-15(26-3)17(28-5)16(14)27-4/h6-10H,1-5H3,(H,20,22)(H,21,23). The van der Waals surface area contributed by atoms with Gasteiger partial charge in [0.2, 0.25) is 5.75 Å². The Hall–Kier alpha value is -3.62. The molecule has 2 N–H and O–H groups in total. The molecule has 0 atom stereocenters. The molecule has 0 heterocycles. The molecule has 0 bridgehead atoms. The number of rotatable bonds is 7. The second-order valence-electron chi connectivity index (χ2n) is 5.39. The molecule has 0 spiro atoms. The third kappa shape index (κ3) is 4.37. The number of methoxy groups -OCH3 is 5. The number of hydrogen-bond acceptors (Lipinski definition) is 7. The molecule has 2 amide bonds. The van der Waals surface area contributed by atoms with Crippen LogP contribution in [0.2, 0.25) is 0 Å². The minimum Gasteiger partial charge on any atom is -0.497 e. The van der Waals surface area contributed by atoms with E-state index in [1.165, 1.54) is 53.7 Å². The lowest BCUT2D eigenvalue weighted by Crippen LogP contribution is -2.41. The Kier molecular flexibility index (Phi) is 6.91. The van der Waals surface area contributed by atoms with Gasteiger partial charge in [-0.25, -0.2) is 0 Å². The van der Waals surface area contributed by atoms with Crippen molar-refractivity contribution in [2.24, 2.45) is 0 Å². The molecule has 0 saturated carbocycles. The lowest BCUT2D eigenvalue weighted by Gasteiger charge is -2.16. The molecular formula is C19H22N2O7. The van der Waals surface area contributed by atoms with E-state index in [0.717, 1.165) is 0 Å². The van der Waals surface area contributed by atoms with Gasteiger partial charge in [-0.05, 0) is 24.3 Å². The van der Waals surface area contributed by atoms with Crippen LogP contribution in [-0.2, 0) is 0 Å². The molecule has 0 aromatic heterocycles. The fourth-order valence-corrected chi connectivity index (χ4v) is 2.47.